The molecular weight excluding hydrogens is 354 g/mol. The summed E-state index contributed by atoms with van der Waals surface area (Å²) in [7, 11) is -1.94. The molecule has 4 fully saturated rings. The molecule has 5 rings (SSSR count). The van der Waals surface area contributed by atoms with Crippen molar-refractivity contribution in [2.24, 2.45) is 23.7 Å². The first-order chi connectivity index (χ1) is 12.4. The summed E-state index contributed by atoms with van der Waals surface area (Å²) in [4.78, 5) is 2.37. The minimum atomic E-state index is -3.45. The number of methoxy groups -OCH3 is 1. The van der Waals surface area contributed by atoms with Crippen LogP contribution in [0.1, 0.15) is 12.8 Å². The van der Waals surface area contributed by atoms with Crippen molar-refractivity contribution in [1.82, 2.24) is 4.90 Å². The summed E-state index contributed by atoms with van der Waals surface area (Å²) < 4.78 is 30.7. The summed E-state index contributed by atoms with van der Waals surface area (Å²) in [5, 5.41) is 21.4. The van der Waals surface area contributed by atoms with Gasteiger partial charge in [0.1, 0.15) is 5.75 Å². The smallest absolute Gasteiger partial charge is 0.179 e. The average molecular weight is 379 g/mol. The van der Waals surface area contributed by atoms with Gasteiger partial charge in [-0.3, -0.25) is 4.90 Å². The van der Waals surface area contributed by atoms with Crippen molar-refractivity contribution in [3.8, 4) is 5.75 Å². The molecule has 1 heterocycles. The molecule has 3 aliphatic carbocycles. The Morgan fingerprint density at radius 2 is 1.96 bits per heavy atom. The predicted molar refractivity (Wildman–Crippen MR) is 94.5 cm³/mol. The number of aliphatic hydroxyl groups is 2. The highest BCUT2D eigenvalue weighted by atomic mass is 32.2. The molecule has 0 aromatic heterocycles. The molecule has 8 atom stereocenters. The Kier molecular flexibility index (Phi) is 3.71. The third kappa shape index (κ3) is 2.17. The zero-order valence-electron chi connectivity index (χ0n) is 14.7. The quantitative estimate of drug-likeness (QED) is 0.776. The highest BCUT2D eigenvalue weighted by Crippen LogP contribution is 2.64. The molecule has 4 bridgehead atoms. The maximum atomic E-state index is 12.8. The normalized spacial score (nSPS) is 43.3. The second kappa shape index (κ2) is 5.67. The maximum absolute atomic E-state index is 12.8. The highest BCUT2D eigenvalue weighted by molar-refractivity contribution is 7.91. The molecule has 0 unspecified atom stereocenters. The van der Waals surface area contributed by atoms with Gasteiger partial charge in [0.2, 0.25) is 0 Å². The van der Waals surface area contributed by atoms with E-state index in [9.17, 15) is 18.6 Å². The van der Waals surface area contributed by atoms with Crippen LogP contribution in [0.15, 0.2) is 29.2 Å². The fourth-order valence-electron chi connectivity index (χ4n) is 6.48. The number of hydrogen-bond donors (Lipinski definition) is 2. The molecule has 4 aliphatic rings. The summed E-state index contributed by atoms with van der Waals surface area (Å²) in [5.74, 6) is 1.83. The lowest BCUT2D eigenvalue weighted by atomic mass is 9.75. The van der Waals surface area contributed by atoms with E-state index in [-0.39, 0.29) is 40.9 Å². The molecule has 0 spiro atoms. The second-order valence-electron chi connectivity index (χ2n) is 8.32. The largest absolute Gasteiger partial charge is 0.497 e. The summed E-state index contributed by atoms with van der Waals surface area (Å²) in [6.45, 7) is 0.353. The molecule has 26 heavy (non-hydrogen) atoms. The van der Waals surface area contributed by atoms with Crippen LogP contribution < -0.4 is 4.74 Å². The topological polar surface area (TPSA) is 87.1 Å². The number of likely N-dealkylation sites (tertiary alicyclic amines) is 1. The number of benzene rings is 1. The number of fused-ring (bicyclic) bond motifs is 3. The SMILES string of the molecule is COc1cccc(S(=O)(=O)CCN2[C@H]3[C@@H](O)[C@@H]4C[C@H]3[C@H]3[C@H](O)[C@@H]2C[C@H]43)c1. The zero-order valence-corrected chi connectivity index (χ0v) is 15.5. The van der Waals surface area contributed by atoms with Crippen molar-refractivity contribution in [2.75, 3.05) is 19.4 Å². The molecule has 1 saturated heterocycles. The number of nitrogens with zero attached hydrogens (tertiary/aromatic N) is 1. The summed E-state index contributed by atoms with van der Waals surface area (Å²) >= 11 is 0. The van der Waals surface area contributed by atoms with Crippen molar-refractivity contribution in [1.29, 1.82) is 0 Å². The Morgan fingerprint density at radius 3 is 2.73 bits per heavy atom. The molecule has 3 saturated carbocycles. The van der Waals surface area contributed by atoms with E-state index in [1.54, 1.807) is 24.3 Å². The molecule has 7 heteroatoms. The predicted octanol–water partition coefficient (Wildman–Crippen LogP) is 0.529. The summed E-state index contributed by atoms with van der Waals surface area (Å²) in [6.07, 6.45) is 1.11. The van der Waals surface area contributed by atoms with Crippen molar-refractivity contribution in [3.63, 3.8) is 0 Å². The molecule has 1 aliphatic heterocycles. The number of ether oxygens (including phenoxy) is 1. The van der Waals surface area contributed by atoms with Gasteiger partial charge in [-0.15, -0.1) is 0 Å². The van der Waals surface area contributed by atoms with Crippen molar-refractivity contribution in [2.45, 2.75) is 42.0 Å². The number of sulfone groups is 1. The van der Waals surface area contributed by atoms with Crippen LogP contribution in [0.4, 0.5) is 0 Å². The van der Waals surface area contributed by atoms with Gasteiger partial charge in [-0.1, -0.05) is 6.07 Å². The molecule has 1 aromatic carbocycles. The van der Waals surface area contributed by atoms with E-state index in [0.29, 0.717) is 30.0 Å². The van der Waals surface area contributed by atoms with Crippen LogP contribution in [-0.4, -0.2) is 67.2 Å². The fraction of sp³-hybridized carbons (Fsp3) is 0.684. The third-order valence-electron chi connectivity index (χ3n) is 7.44. The van der Waals surface area contributed by atoms with E-state index in [0.717, 1.165) is 12.8 Å². The number of rotatable bonds is 5. The van der Waals surface area contributed by atoms with E-state index in [4.69, 9.17) is 4.74 Å². The van der Waals surface area contributed by atoms with Crippen molar-refractivity contribution < 1.29 is 23.4 Å². The molecule has 6 nitrogen and oxygen atoms in total. The lowest BCUT2D eigenvalue weighted by Crippen LogP contribution is -2.61. The van der Waals surface area contributed by atoms with Gasteiger partial charge < -0.3 is 14.9 Å². The third-order valence-corrected chi connectivity index (χ3v) is 9.13. The first-order valence-corrected chi connectivity index (χ1v) is 11.1. The Hall–Kier alpha value is -1.15. The van der Waals surface area contributed by atoms with Crippen LogP contribution in [0.3, 0.4) is 0 Å². The molecule has 0 amide bonds. The van der Waals surface area contributed by atoms with Crippen molar-refractivity contribution >= 4 is 9.84 Å². The van der Waals surface area contributed by atoms with Crippen LogP contribution in [0.25, 0.3) is 0 Å². The van der Waals surface area contributed by atoms with Gasteiger partial charge in [-0.05, 0) is 54.7 Å². The van der Waals surface area contributed by atoms with Gasteiger partial charge in [0.25, 0.3) is 0 Å². The Morgan fingerprint density at radius 1 is 1.15 bits per heavy atom. The monoisotopic (exact) mass is 379 g/mol. The van der Waals surface area contributed by atoms with E-state index in [2.05, 4.69) is 4.90 Å². The number of aliphatic hydroxyl groups excluding tert-OH is 2. The summed E-state index contributed by atoms with van der Waals surface area (Å²) in [6, 6.07) is 6.54. The average Bonchev–Trinajstić information content (AvgIpc) is 3.21. The van der Waals surface area contributed by atoms with E-state index < -0.39 is 9.84 Å². The van der Waals surface area contributed by atoms with Crippen LogP contribution >= 0.6 is 0 Å². The Balaban J connectivity index is 1.38. The van der Waals surface area contributed by atoms with Gasteiger partial charge in [-0.2, -0.15) is 0 Å². The zero-order chi connectivity index (χ0) is 18.2. The first-order valence-electron chi connectivity index (χ1n) is 9.41. The fourth-order valence-corrected chi connectivity index (χ4v) is 7.74. The van der Waals surface area contributed by atoms with Gasteiger partial charge in [0.15, 0.2) is 9.84 Å². The van der Waals surface area contributed by atoms with E-state index in [1.807, 2.05) is 0 Å². The van der Waals surface area contributed by atoms with Gasteiger partial charge in [0.05, 0.1) is 30.0 Å². The highest BCUT2D eigenvalue weighted by Gasteiger charge is 2.69. The van der Waals surface area contributed by atoms with Gasteiger partial charge >= 0.3 is 0 Å². The van der Waals surface area contributed by atoms with Gasteiger partial charge in [0, 0.05) is 18.6 Å². The Labute approximate surface area is 153 Å². The Bertz CT molecular complexity index is 827. The minimum absolute atomic E-state index is 0.00768. The van der Waals surface area contributed by atoms with Crippen molar-refractivity contribution in [3.05, 3.63) is 24.3 Å². The second-order valence-corrected chi connectivity index (χ2v) is 10.4. The minimum Gasteiger partial charge on any atom is -0.497 e. The lowest BCUT2D eigenvalue weighted by Gasteiger charge is -2.48. The van der Waals surface area contributed by atoms with Crippen LogP contribution in [0.2, 0.25) is 0 Å². The lowest BCUT2D eigenvalue weighted by molar-refractivity contribution is -0.0960. The molecule has 142 valence electrons. The van der Waals surface area contributed by atoms with E-state index in [1.165, 1.54) is 7.11 Å². The maximum Gasteiger partial charge on any atom is 0.179 e. The molecule has 2 N–H and O–H groups in total. The molecule has 1 aromatic rings. The molecule has 0 radical (unpaired) electrons. The van der Waals surface area contributed by atoms with Crippen LogP contribution in [0, 0.1) is 23.7 Å². The number of piperidine rings is 1. The first kappa shape index (κ1) is 17.0. The number of hydrogen-bond acceptors (Lipinski definition) is 6. The van der Waals surface area contributed by atoms with Crippen LogP contribution in [-0.2, 0) is 9.84 Å². The van der Waals surface area contributed by atoms with Crippen LogP contribution in [0.5, 0.6) is 5.75 Å². The summed E-state index contributed by atoms with van der Waals surface area (Å²) in [5.41, 5.74) is 0. The standard InChI is InChI=1S/C19H25NO5S/c1-25-10-3-2-4-11(7-10)26(23,24)6-5-20-15-9-12-13-8-14(16(12)19(15)22)17(20)18(13)21/h2-4,7,12-19,21-22H,5-6,8-9H2,1H3/t12-,13-,14+,15+,16+,17-,18+,19-/m1/s1. The van der Waals surface area contributed by atoms with E-state index >= 15 is 0 Å². The molecular formula is C19H25NO5S. The van der Waals surface area contributed by atoms with Gasteiger partial charge in [-0.25, -0.2) is 8.42 Å².